The number of piperidine rings is 1. The summed E-state index contributed by atoms with van der Waals surface area (Å²) < 4.78 is 0. The predicted molar refractivity (Wildman–Crippen MR) is 58.3 cm³/mol. The second-order valence-corrected chi connectivity index (χ2v) is 4.48. The van der Waals surface area contributed by atoms with Crippen molar-refractivity contribution in [3.8, 4) is 0 Å². The van der Waals surface area contributed by atoms with Gasteiger partial charge in [0, 0.05) is 32.1 Å². The molecule has 1 aliphatic heterocycles. The molecule has 15 heavy (non-hydrogen) atoms. The molecule has 0 atom stereocenters. The van der Waals surface area contributed by atoms with Crippen molar-refractivity contribution >= 4 is 12.3 Å². The monoisotopic (exact) mass is 212 g/mol. The van der Waals surface area contributed by atoms with Crippen molar-refractivity contribution in [1.29, 1.82) is 0 Å². The van der Waals surface area contributed by atoms with Gasteiger partial charge in [-0.15, -0.1) is 0 Å². The Balaban J connectivity index is 2.42. The summed E-state index contributed by atoms with van der Waals surface area (Å²) in [6.07, 6.45) is 2.66. The predicted octanol–water partition coefficient (Wildman–Crippen LogP) is 0.722. The van der Waals surface area contributed by atoms with Crippen LogP contribution in [0.15, 0.2) is 0 Å². The molecule has 4 nitrogen and oxygen atoms in total. The molecule has 0 N–H and O–H groups in total. The first-order valence-corrected chi connectivity index (χ1v) is 5.52. The van der Waals surface area contributed by atoms with E-state index in [1.54, 1.807) is 11.9 Å². The Kier molecular flexibility index (Phi) is 4.12. The number of rotatable bonds is 3. The van der Waals surface area contributed by atoms with Crippen molar-refractivity contribution in [3.05, 3.63) is 0 Å². The van der Waals surface area contributed by atoms with Crippen LogP contribution in [-0.4, -0.2) is 48.3 Å². The maximum absolute atomic E-state index is 11.7. The number of carbonyl (C=O) groups is 2. The Bertz CT molecular complexity index is 233. The molecular weight excluding hydrogens is 192 g/mol. The van der Waals surface area contributed by atoms with Gasteiger partial charge in [-0.05, 0) is 12.8 Å². The molecule has 1 fully saturated rings. The van der Waals surface area contributed by atoms with Crippen molar-refractivity contribution < 1.29 is 9.59 Å². The number of carbonyl (C=O) groups excluding carboxylic acids is 2. The summed E-state index contributed by atoms with van der Waals surface area (Å²) in [7, 11) is 1.80. The van der Waals surface area contributed by atoms with E-state index in [-0.39, 0.29) is 11.8 Å². The van der Waals surface area contributed by atoms with Crippen LogP contribution in [0.1, 0.15) is 26.7 Å². The molecule has 1 saturated heterocycles. The van der Waals surface area contributed by atoms with Crippen molar-refractivity contribution in [2.75, 3.05) is 20.1 Å². The molecule has 1 heterocycles. The first-order valence-electron chi connectivity index (χ1n) is 5.52. The molecule has 0 aromatic rings. The zero-order valence-electron chi connectivity index (χ0n) is 9.77. The molecule has 0 aromatic carbocycles. The van der Waals surface area contributed by atoms with Crippen molar-refractivity contribution in [2.24, 2.45) is 5.92 Å². The number of hydrogen-bond acceptors (Lipinski definition) is 2. The number of likely N-dealkylation sites (tertiary alicyclic amines) is 1. The highest BCUT2D eigenvalue weighted by molar-refractivity contribution is 5.78. The number of nitrogens with zero attached hydrogens (tertiary/aromatic N) is 2. The third kappa shape index (κ3) is 2.94. The van der Waals surface area contributed by atoms with E-state index in [1.807, 2.05) is 18.7 Å². The van der Waals surface area contributed by atoms with Gasteiger partial charge in [-0.3, -0.25) is 9.59 Å². The zero-order chi connectivity index (χ0) is 11.4. The SMILES string of the molecule is CC(C)C(=O)N1CCC(N(C)C=O)CC1. The smallest absolute Gasteiger partial charge is 0.225 e. The van der Waals surface area contributed by atoms with E-state index >= 15 is 0 Å². The normalized spacial score (nSPS) is 18.0. The third-order valence-corrected chi connectivity index (χ3v) is 3.01. The Labute approximate surface area is 91.2 Å². The summed E-state index contributed by atoms with van der Waals surface area (Å²) in [5.41, 5.74) is 0. The van der Waals surface area contributed by atoms with Crippen LogP contribution in [0.5, 0.6) is 0 Å². The van der Waals surface area contributed by atoms with Crippen LogP contribution in [0, 0.1) is 5.92 Å². The molecule has 0 radical (unpaired) electrons. The van der Waals surface area contributed by atoms with Gasteiger partial charge in [0.1, 0.15) is 0 Å². The Morgan fingerprint density at radius 3 is 2.33 bits per heavy atom. The fourth-order valence-electron chi connectivity index (χ4n) is 1.94. The van der Waals surface area contributed by atoms with Gasteiger partial charge in [0.15, 0.2) is 0 Å². The van der Waals surface area contributed by atoms with E-state index in [0.29, 0.717) is 6.04 Å². The fourth-order valence-corrected chi connectivity index (χ4v) is 1.94. The van der Waals surface area contributed by atoms with Gasteiger partial charge in [0.2, 0.25) is 12.3 Å². The largest absolute Gasteiger partial charge is 0.345 e. The van der Waals surface area contributed by atoms with Gasteiger partial charge < -0.3 is 9.80 Å². The third-order valence-electron chi connectivity index (χ3n) is 3.01. The highest BCUT2D eigenvalue weighted by Crippen LogP contribution is 2.16. The van der Waals surface area contributed by atoms with Crippen LogP contribution in [0.25, 0.3) is 0 Å². The van der Waals surface area contributed by atoms with Gasteiger partial charge in [0.05, 0.1) is 0 Å². The van der Waals surface area contributed by atoms with Gasteiger partial charge in [-0.25, -0.2) is 0 Å². The summed E-state index contributed by atoms with van der Waals surface area (Å²) in [5.74, 6) is 0.299. The van der Waals surface area contributed by atoms with E-state index in [1.165, 1.54) is 0 Å². The second kappa shape index (κ2) is 5.14. The van der Waals surface area contributed by atoms with Gasteiger partial charge in [-0.2, -0.15) is 0 Å². The lowest BCUT2D eigenvalue weighted by Crippen LogP contribution is -2.46. The topological polar surface area (TPSA) is 40.6 Å². The lowest BCUT2D eigenvalue weighted by atomic mass is 10.0. The van der Waals surface area contributed by atoms with E-state index < -0.39 is 0 Å². The van der Waals surface area contributed by atoms with Gasteiger partial charge in [-0.1, -0.05) is 13.8 Å². The van der Waals surface area contributed by atoms with E-state index in [0.717, 1.165) is 32.3 Å². The lowest BCUT2D eigenvalue weighted by Gasteiger charge is -2.35. The first kappa shape index (κ1) is 12.0. The number of hydrogen-bond donors (Lipinski definition) is 0. The molecule has 86 valence electrons. The summed E-state index contributed by atoms with van der Waals surface area (Å²) in [6, 6.07) is 0.304. The minimum absolute atomic E-state index is 0.0744. The minimum atomic E-state index is 0.0744. The fraction of sp³-hybridized carbons (Fsp3) is 0.818. The van der Waals surface area contributed by atoms with Crippen LogP contribution in [0.3, 0.4) is 0 Å². The maximum Gasteiger partial charge on any atom is 0.225 e. The number of amides is 2. The molecule has 1 aliphatic rings. The Morgan fingerprint density at radius 1 is 1.40 bits per heavy atom. The first-order chi connectivity index (χ1) is 7.06. The van der Waals surface area contributed by atoms with Gasteiger partial charge >= 0.3 is 0 Å². The Morgan fingerprint density at radius 2 is 1.93 bits per heavy atom. The van der Waals surface area contributed by atoms with Crippen LogP contribution in [-0.2, 0) is 9.59 Å². The van der Waals surface area contributed by atoms with E-state index in [9.17, 15) is 9.59 Å². The molecule has 0 aromatic heterocycles. The van der Waals surface area contributed by atoms with Crippen LogP contribution < -0.4 is 0 Å². The molecule has 0 bridgehead atoms. The van der Waals surface area contributed by atoms with E-state index in [4.69, 9.17) is 0 Å². The highest BCUT2D eigenvalue weighted by atomic mass is 16.2. The van der Waals surface area contributed by atoms with Gasteiger partial charge in [0.25, 0.3) is 0 Å². The molecular formula is C11H20N2O2. The average molecular weight is 212 g/mol. The van der Waals surface area contributed by atoms with Crippen LogP contribution in [0.4, 0.5) is 0 Å². The molecule has 0 spiro atoms. The molecule has 1 rings (SSSR count). The maximum atomic E-state index is 11.7. The summed E-state index contributed by atoms with van der Waals surface area (Å²) >= 11 is 0. The average Bonchev–Trinajstić information content (AvgIpc) is 2.27. The molecule has 4 heteroatoms. The summed E-state index contributed by atoms with van der Waals surface area (Å²) in [4.78, 5) is 25.9. The quantitative estimate of drug-likeness (QED) is 0.647. The van der Waals surface area contributed by atoms with E-state index in [2.05, 4.69) is 0 Å². The Hall–Kier alpha value is -1.06. The lowest BCUT2D eigenvalue weighted by molar-refractivity contribution is -0.136. The molecule has 2 amide bonds. The molecule has 0 aliphatic carbocycles. The van der Waals surface area contributed by atoms with Crippen LogP contribution >= 0.6 is 0 Å². The molecule has 0 unspecified atom stereocenters. The van der Waals surface area contributed by atoms with Crippen molar-refractivity contribution in [1.82, 2.24) is 9.80 Å². The molecule has 0 saturated carbocycles. The summed E-state index contributed by atoms with van der Waals surface area (Å²) in [5, 5.41) is 0. The minimum Gasteiger partial charge on any atom is -0.345 e. The standard InChI is InChI=1S/C11H20N2O2/c1-9(2)11(15)13-6-4-10(5-7-13)12(3)8-14/h8-10H,4-7H2,1-3H3. The van der Waals surface area contributed by atoms with Crippen molar-refractivity contribution in [2.45, 2.75) is 32.7 Å². The van der Waals surface area contributed by atoms with Crippen molar-refractivity contribution in [3.63, 3.8) is 0 Å². The summed E-state index contributed by atoms with van der Waals surface area (Å²) in [6.45, 7) is 5.40. The second-order valence-electron chi connectivity index (χ2n) is 4.48. The van der Waals surface area contributed by atoms with Crippen LogP contribution in [0.2, 0.25) is 0 Å². The highest BCUT2D eigenvalue weighted by Gasteiger charge is 2.25. The zero-order valence-corrected chi connectivity index (χ0v) is 9.77.